The van der Waals surface area contributed by atoms with Crippen molar-refractivity contribution in [2.45, 2.75) is 51.1 Å². The Bertz CT molecular complexity index is 432. The van der Waals surface area contributed by atoms with Crippen LogP contribution in [0.15, 0.2) is 0 Å². The fourth-order valence-corrected chi connectivity index (χ4v) is 4.73. The van der Waals surface area contributed by atoms with E-state index < -0.39 is 16.1 Å². The lowest BCUT2D eigenvalue weighted by Gasteiger charge is -2.28. The van der Waals surface area contributed by atoms with Crippen molar-refractivity contribution in [2.24, 2.45) is 0 Å². The molecule has 2 rings (SSSR count). The van der Waals surface area contributed by atoms with Crippen molar-refractivity contribution in [2.75, 3.05) is 25.4 Å². The number of carbonyl (C=O) groups excluding carboxylic acids is 1. The Labute approximate surface area is 121 Å². The Morgan fingerprint density at radius 2 is 2.15 bits per heavy atom. The first-order chi connectivity index (χ1) is 9.54. The largest absolute Gasteiger partial charge is 0.351 e. The third-order valence-corrected chi connectivity index (χ3v) is 6.04. The maximum Gasteiger partial charge on any atom is 0.238 e. The molecule has 0 aliphatic carbocycles. The van der Waals surface area contributed by atoms with E-state index in [0.29, 0.717) is 19.4 Å². The number of hydrogen-bond donors (Lipinski definition) is 2. The van der Waals surface area contributed by atoms with Gasteiger partial charge in [-0.15, -0.1) is 0 Å². The Morgan fingerprint density at radius 1 is 1.35 bits per heavy atom. The number of rotatable bonds is 5. The van der Waals surface area contributed by atoms with E-state index in [1.165, 1.54) is 4.31 Å². The van der Waals surface area contributed by atoms with Crippen LogP contribution in [0.25, 0.3) is 0 Å². The second kappa shape index (κ2) is 6.87. The quantitative estimate of drug-likeness (QED) is 0.753. The van der Waals surface area contributed by atoms with Crippen molar-refractivity contribution >= 4 is 15.9 Å². The lowest BCUT2D eigenvalue weighted by Crippen LogP contribution is -2.52. The molecular weight excluding hydrogens is 278 g/mol. The number of nitrogens with zero attached hydrogens (tertiary/aromatic N) is 1. The fraction of sp³-hybridized carbons (Fsp3) is 0.923. The molecule has 0 saturated carbocycles. The van der Waals surface area contributed by atoms with Gasteiger partial charge in [0.2, 0.25) is 15.9 Å². The zero-order valence-electron chi connectivity index (χ0n) is 12.1. The van der Waals surface area contributed by atoms with E-state index in [-0.39, 0.29) is 17.7 Å². The highest BCUT2D eigenvalue weighted by Gasteiger charge is 2.38. The van der Waals surface area contributed by atoms with Crippen LogP contribution in [0.5, 0.6) is 0 Å². The van der Waals surface area contributed by atoms with Gasteiger partial charge in [0.25, 0.3) is 0 Å². The molecule has 0 aromatic heterocycles. The van der Waals surface area contributed by atoms with Crippen molar-refractivity contribution < 1.29 is 13.2 Å². The van der Waals surface area contributed by atoms with Gasteiger partial charge in [0.1, 0.15) is 6.04 Å². The van der Waals surface area contributed by atoms with Crippen molar-refractivity contribution in [1.82, 2.24) is 14.9 Å². The van der Waals surface area contributed by atoms with Crippen LogP contribution in [-0.4, -0.2) is 56.1 Å². The monoisotopic (exact) mass is 303 g/mol. The topological polar surface area (TPSA) is 78.5 Å². The minimum absolute atomic E-state index is 0.127. The second-order valence-corrected chi connectivity index (χ2v) is 7.68. The molecule has 2 atom stereocenters. The van der Waals surface area contributed by atoms with Crippen molar-refractivity contribution in [3.05, 3.63) is 0 Å². The predicted octanol–water partition coefficient (Wildman–Crippen LogP) is 0.0588. The molecule has 2 heterocycles. The summed E-state index contributed by atoms with van der Waals surface area (Å²) in [7, 11) is -3.29. The van der Waals surface area contributed by atoms with Crippen LogP contribution in [0.2, 0.25) is 0 Å². The van der Waals surface area contributed by atoms with E-state index in [2.05, 4.69) is 10.6 Å². The molecule has 2 N–H and O–H groups in total. The highest BCUT2D eigenvalue weighted by Crippen LogP contribution is 2.22. The summed E-state index contributed by atoms with van der Waals surface area (Å²) in [6.07, 6.45) is 4.00. The molecular formula is C13H25N3O3S. The van der Waals surface area contributed by atoms with E-state index in [1.807, 2.05) is 6.92 Å². The van der Waals surface area contributed by atoms with Crippen LogP contribution in [0.1, 0.15) is 39.0 Å². The van der Waals surface area contributed by atoms with E-state index >= 15 is 0 Å². The normalized spacial score (nSPS) is 28.4. The van der Waals surface area contributed by atoms with E-state index in [9.17, 15) is 13.2 Å². The van der Waals surface area contributed by atoms with Crippen LogP contribution < -0.4 is 10.6 Å². The number of nitrogens with one attached hydrogen (secondary N) is 2. The highest BCUT2D eigenvalue weighted by atomic mass is 32.2. The molecule has 2 fully saturated rings. The molecule has 2 aliphatic heterocycles. The lowest BCUT2D eigenvalue weighted by atomic mass is 10.1. The summed E-state index contributed by atoms with van der Waals surface area (Å²) < 4.78 is 25.8. The molecule has 2 aliphatic rings. The minimum Gasteiger partial charge on any atom is -0.351 e. The number of carbonyl (C=O) groups is 1. The molecule has 0 bridgehead atoms. The second-order valence-electron chi connectivity index (χ2n) is 5.64. The molecule has 1 unspecified atom stereocenters. The number of hydrogen-bond acceptors (Lipinski definition) is 4. The molecule has 1 amide bonds. The molecule has 20 heavy (non-hydrogen) atoms. The summed E-state index contributed by atoms with van der Waals surface area (Å²) >= 11 is 0. The van der Waals surface area contributed by atoms with E-state index in [1.54, 1.807) is 0 Å². The predicted molar refractivity (Wildman–Crippen MR) is 77.8 cm³/mol. The van der Waals surface area contributed by atoms with E-state index in [0.717, 1.165) is 32.4 Å². The fourth-order valence-electron chi connectivity index (χ4n) is 2.98. The average Bonchev–Trinajstić information content (AvgIpc) is 2.90. The Kier molecular flexibility index (Phi) is 5.40. The number of piperidine rings is 1. The first-order valence-corrected chi connectivity index (χ1v) is 9.16. The van der Waals surface area contributed by atoms with Crippen molar-refractivity contribution in [1.29, 1.82) is 0 Å². The van der Waals surface area contributed by atoms with Gasteiger partial charge in [-0.3, -0.25) is 4.79 Å². The van der Waals surface area contributed by atoms with Gasteiger partial charge in [-0.2, -0.15) is 4.31 Å². The first-order valence-electron chi connectivity index (χ1n) is 7.55. The smallest absolute Gasteiger partial charge is 0.238 e. The Balaban J connectivity index is 1.97. The SMILES string of the molecule is CCCS(=O)(=O)N1CCCC1C(=O)N[C@H]1CCCNC1. The first kappa shape index (κ1) is 15.7. The summed E-state index contributed by atoms with van der Waals surface area (Å²) in [5, 5.41) is 6.24. The summed E-state index contributed by atoms with van der Waals surface area (Å²) in [4.78, 5) is 12.3. The molecule has 0 aromatic carbocycles. The minimum atomic E-state index is -3.29. The van der Waals surface area contributed by atoms with Crippen LogP contribution >= 0.6 is 0 Å². The maximum absolute atomic E-state index is 12.3. The standard InChI is InChI=1S/C13H25N3O3S/c1-2-9-20(18,19)16-8-4-6-12(16)13(17)15-11-5-3-7-14-10-11/h11-12,14H,2-10H2,1H3,(H,15,17)/t11-,12?/m0/s1. The van der Waals surface area contributed by atoms with Gasteiger partial charge < -0.3 is 10.6 Å². The van der Waals surface area contributed by atoms with Crippen molar-refractivity contribution in [3.8, 4) is 0 Å². The molecule has 0 aromatic rings. The zero-order chi connectivity index (χ0) is 14.6. The van der Waals surface area contributed by atoms with Crippen LogP contribution in [0.3, 0.4) is 0 Å². The van der Waals surface area contributed by atoms with Gasteiger partial charge in [-0.1, -0.05) is 6.92 Å². The van der Waals surface area contributed by atoms with Gasteiger partial charge in [-0.05, 0) is 38.6 Å². The highest BCUT2D eigenvalue weighted by molar-refractivity contribution is 7.89. The molecule has 2 saturated heterocycles. The Hall–Kier alpha value is -0.660. The molecule has 116 valence electrons. The third kappa shape index (κ3) is 3.71. The number of amides is 1. The van der Waals surface area contributed by atoms with Crippen LogP contribution in [0.4, 0.5) is 0 Å². The molecule has 6 nitrogen and oxygen atoms in total. The van der Waals surface area contributed by atoms with E-state index in [4.69, 9.17) is 0 Å². The summed E-state index contributed by atoms with van der Waals surface area (Å²) in [6.45, 7) is 4.09. The molecule has 0 radical (unpaired) electrons. The molecule has 7 heteroatoms. The average molecular weight is 303 g/mol. The third-order valence-electron chi connectivity index (χ3n) is 3.97. The Morgan fingerprint density at radius 3 is 2.80 bits per heavy atom. The lowest BCUT2D eigenvalue weighted by molar-refractivity contribution is -0.125. The zero-order valence-corrected chi connectivity index (χ0v) is 12.9. The van der Waals surface area contributed by atoms with Crippen LogP contribution in [-0.2, 0) is 14.8 Å². The van der Waals surface area contributed by atoms with Crippen molar-refractivity contribution in [3.63, 3.8) is 0 Å². The van der Waals surface area contributed by atoms with Gasteiger partial charge in [0, 0.05) is 19.1 Å². The maximum atomic E-state index is 12.3. The summed E-state index contributed by atoms with van der Waals surface area (Å²) in [6, 6.07) is -0.374. The molecule has 0 spiro atoms. The van der Waals surface area contributed by atoms with Gasteiger partial charge in [0.15, 0.2) is 0 Å². The summed E-state index contributed by atoms with van der Waals surface area (Å²) in [5.41, 5.74) is 0. The summed E-state index contributed by atoms with van der Waals surface area (Å²) in [5.74, 6) is -0.00207. The van der Waals surface area contributed by atoms with Crippen LogP contribution in [0, 0.1) is 0 Å². The van der Waals surface area contributed by atoms with Gasteiger partial charge in [0.05, 0.1) is 5.75 Å². The number of sulfonamides is 1. The van der Waals surface area contributed by atoms with Gasteiger partial charge >= 0.3 is 0 Å². The van der Waals surface area contributed by atoms with Gasteiger partial charge in [-0.25, -0.2) is 8.42 Å².